The van der Waals surface area contributed by atoms with Crippen LogP contribution in [0.2, 0.25) is 0 Å². The van der Waals surface area contributed by atoms with Gasteiger partial charge >= 0.3 is 0 Å². The summed E-state index contributed by atoms with van der Waals surface area (Å²) in [4.78, 5) is 4.36. The maximum Gasteiger partial charge on any atom is 0.0818 e. The molecule has 0 aliphatic rings. The highest BCUT2D eigenvalue weighted by Gasteiger charge is 2.29. The third-order valence-corrected chi connectivity index (χ3v) is 3.28. The number of aromatic nitrogens is 1. The third-order valence-electron chi connectivity index (χ3n) is 3.28. The smallest absolute Gasteiger partial charge is 0.0818 e. The van der Waals surface area contributed by atoms with Crippen LogP contribution in [0.1, 0.15) is 32.4 Å². The number of pyridine rings is 1. The molecule has 1 aromatic carbocycles. The number of hydrogen-bond acceptors (Lipinski definition) is 3. The van der Waals surface area contributed by atoms with E-state index < -0.39 is 5.60 Å². The molecule has 0 aliphatic heterocycles. The number of hydrogen-bond donors (Lipinski definition) is 1. The maximum atomic E-state index is 6.37. The van der Waals surface area contributed by atoms with E-state index in [-0.39, 0.29) is 6.04 Å². The summed E-state index contributed by atoms with van der Waals surface area (Å²) >= 11 is 0. The number of rotatable bonds is 4. The van der Waals surface area contributed by atoms with Crippen LogP contribution in [-0.4, -0.2) is 17.2 Å². The molecular formula is C15H20N2O. The van der Waals surface area contributed by atoms with Gasteiger partial charge in [-0.25, -0.2) is 0 Å². The molecule has 1 unspecified atom stereocenters. The zero-order chi connectivity index (χ0) is 13.2. The number of fused-ring (bicyclic) bond motifs is 1. The van der Waals surface area contributed by atoms with Crippen molar-refractivity contribution in [1.82, 2.24) is 4.98 Å². The quantitative estimate of drug-likeness (QED) is 0.899. The van der Waals surface area contributed by atoms with Crippen molar-refractivity contribution in [3.63, 3.8) is 0 Å². The SMILES string of the molecule is CCOC(C)(C)C(N)c1cccc2ncccc12. The average Bonchev–Trinajstić information content (AvgIpc) is 2.37. The fourth-order valence-corrected chi connectivity index (χ4v) is 2.23. The lowest BCUT2D eigenvalue weighted by atomic mass is 9.90. The van der Waals surface area contributed by atoms with Crippen LogP contribution >= 0.6 is 0 Å². The molecule has 3 nitrogen and oxygen atoms in total. The van der Waals surface area contributed by atoms with Gasteiger partial charge in [-0.05, 0) is 38.5 Å². The van der Waals surface area contributed by atoms with Crippen LogP contribution in [0.25, 0.3) is 10.9 Å². The molecule has 0 bridgehead atoms. The van der Waals surface area contributed by atoms with Gasteiger partial charge in [0.1, 0.15) is 0 Å². The molecule has 0 saturated heterocycles. The Morgan fingerprint density at radius 3 is 2.78 bits per heavy atom. The molecule has 0 radical (unpaired) electrons. The zero-order valence-corrected chi connectivity index (χ0v) is 11.2. The lowest BCUT2D eigenvalue weighted by Gasteiger charge is -2.32. The standard InChI is InChI=1S/C15H20N2O/c1-4-18-15(2,3)14(16)12-7-5-9-13-11(12)8-6-10-17-13/h5-10,14H,4,16H2,1-3H3. The van der Waals surface area contributed by atoms with Crippen molar-refractivity contribution in [1.29, 1.82) is 0 Å². The van der Waals surface area contributed by atoms with Crippen molar-refractivity contribution in [2.24, 2.45) is 5.73 Å². The van der Waals surface area contributed by atoms with Crippen molar-refractivity contribution in [3.05, 3.63) is 42.1 Å². The largest absolute Gasteiger partial charge is 0.374 e. The van der Waals surface area contributed by atoms with E-state index in [0.717, 1.165) is 16.5 Å². The summed E-state index contributed by atoms with van der Waals surface area (Å²) in [6.45, 7) is 6.69. The summed E-state index contributed by atoms with van der Waals surface area (Å²) in [5.41, 5.74) is 8.03. The summed E-state index contributed by atoms with van der Waals surface area (Å²) in [7, 11) is 0. The topological polar surface area (TPSA) is 48.1 Å². The second-order valence-electron chi connectivity index (χ2n) is 4.93. The first-order valence-electron chi connectivity index (χ1n) is 6.29. The fraction of sp³-hybridized carbons (Fsp3) is 0.400. The van der Waals surface area contributed by atoms with Gasteiger partial charge in [-0.1, -0.05) is 18.2 Å². The lowest BCUT2D eigenvalue weighted by Crippen LogP contribution is -2.38. The number of benzene rings is 1. The second-order valence-corrected chi connectivity index (χ2v) is 4.93. The molecule has 3 heteroatoms. The molecule has 96 valence electrons. The Kier molecular flexibility index (Phi) is 3.64. The summed E-state index contributed by atoms with van der Waals surface area (Å²) in [5.74, 6) is 0. The second kappa shape index (κ2) is 5.04. The van der Waals surface area contributed by atoms with Crippen LogP contribution in [0.5, 0.6) is 0 Å². The molecule has 2 aromatic rings. The van der Waals surface area contributed by atoms with Gasteiger partial charge in [-0.3, -0.25) is 4.98 Å². The van der Waals surface area contributed by atoms with Crippen molar-refractivity contribution < 1.29 is 4.74 Å². The Bertz CT molecular complexity index is 532. The van der Waals surface area contributed by atoms with E-state index in [1.807, 2.05) is 39.0 Å². The lowest BCUT2D eigenvalue weighted by molar-refractivity contribution is -0.0294. The van der Waals surface area contributed by atoms with Crippen LogP contribution in [0.15, 0.2) is 36.5 Å². The van der Waals surface area contributed by atoms with E-state index in [1.165, 1.54) is 0 Å². The molecule has 0 amide bonds. The van der Waals surface area contributed by atoms with E-state index in [4.69, 9.17) is 10.5 Å². The highest BCUT2D eigenvalue weighted by molar-refractivity contribution is 5.82. The van der Waals surface area contributed by atoms with Crippen molar-refractivity contribution in [3.8, 4) is 0 Å². The van der Waals surface area contributed by atoms with E-state index in [9.17, 15) is 0 Å². The summed E-state index contributed by atoms with van der Waals surface area (Å²) in [6.07, 6.45) is 1.80. The predicted molar refractivity (Wildman–Crippen MR) is 74.4 cm³/mol. The fourth-order valence-electron chi connectivity index (χ4n) is 2.23. The van der Waals surface area contributed by atoms with E-state index >= 15 is 0 Å². The Labute approximate surface area is 108 Å². The minimum absolute atomic E-state index is 0.176. The zero-order valence-electron chi connectivity index (χ0n) is 11.2. The molecular weight excluding hydrogens is 224 g/mol. The van der Waals surface area contributed by atoms with E-state index in [1.54, 1.807) is 6.20 Å². The first-order chi connectivity index (χ1) is 8.56. The van der Waals surface area contributed by atoms with Gasteiger partial charge in [-0.15, -0.1) is 0 Å². The average molecular weight is 244 g/mol. The monoisotopic (exact) mass is 244 g/mol. The predicted octanol–water partition coefficient (Wildman–Crippen LogP) is 3.05. The Morgan fingerprint density at radius 2 is 2.06 bits per heavy atom. The summed E-state index contributed by atoms with van der Waals surface area (Å²) < 4.78 is 5.75. The van der Waals surface area contributed by atoms with Crippen molar-refractivity contribution in [2.75, 3.05) is 6.61 Å². The van der Waals surface area contributed by atoms with E-state index in [0.29, 0.717) is 6.61 Å². The van der Waals surface area contributed by atoms with Crippen LogP contribution in [0.3, 0.4) is 0 Å². The number of nitrogens with two attached hydrogens (primary N) is 1. The molecule has 0 saturated carbocycles. The highest BCUT2D eigenvalue weighted by Crippen LogP contribution is 2.30. The van der Waals surface area contributed by atoms with Gasteiger partial charge in [0, 0.05) is 18.2 Å². The van der Waals surface area contributed by atoms with Gasteiger partial charge in [0.2, 0.25) is 0 Å². The molecule has 1 atom stereocenters. The summed E-state index contributed by atoms with van der Waals surface area (Å²) in [5, 5.41) is 1.10. The Morgan fingerprint density at radius 1 is 1.28 bits per heavy atom. The minimum Gasteiger partial charge on any atom is -0.374 e. The molecule has 18 heavy (non-hydrogen) atoms. The van der Waals surface area contributed by atoms with Gasteiger partial charge in [0.25, 0.3) is 0 Å². The third kappa shape index (κ3) is 2.37. The van der Waals surface area contributed by atoms with Crippen molar-refractivity contribution in [2.45, 2.75) is 32.4 Å². The first kappa shape index (κ1) is 13.0. The molecule has 0 spiro atoms. The normalized spacial score (nSPS) is 13.8. The number of ether oxygens (including phenoxy) is 1. The molecule has 2 rings (SSSR count). The van der Waals surface area contributed by atoms with E-state index in [2.05, 4.69) is 17.1 Å². The Balaban J connectivity index is 2.48. The van der Waals surface area contributed by atoms with Gasteiger partial charge in [-0.2, -0.15) is 0 Å². The highest BCUT2D eigenvalue weighted by atomic mass is 16.5. The van der Waals surface area contributed by atoms with Crippen LogP contribution < -0.4 is 5.73 Å². The number of nitrogens with zero attached hydrogens (tertiary/aromatic N) is 1. The van der Waals surface area contributed by atoms with Crippen LogP contribution in [0.4, 0.5) is 0 Å². The maximum absolute atomic E-state index is 6.37. The molecule has 2 N–H and O–H groups in total. The minimum atomic E-state index is -0.390. The molecule has 1 aromatic heterocycles. The Hall–Kier alpha value is -1.45. The van der Waals surface area contributed by atoms with Crippen LogP contribution in [-0.2, 0) is 4.74 Å². The molecule has 0 fully saturated rings. The summed E-state index contributed by atoms with van der Waals surface area (Å²) in [6, 6.07) is 9.86. The van der Waals surface area contributed by atoms with Gasteiger partial charge in [0.05, 0.1) is 17.2 Å². The van der Waals surface area contributed by atoms with Gasteiger partial charge < -0.3 is 10.5 Å². The first-order valence-corrected chi connectivity index (χ1v) is 6.29. The van der Waals surface area contributed by atoms with Crippen molar-refractivity contribution >= 4 is 10.9 Å². The van der Waals surface area contributed by atoms with Gasteiger partial charge in [0.15, 0.2) is 0 Å². The molecule has 0 aliphatic carbocycles. The van der Waals surface area contributed by atoms with Crippen LogP contribution in [0, 0.1) is 0 Å². The molecule has 1 heterocycles.